The third kappa shape index (κ3) is 5.27. The molecule has 2 aromatic rings. The Bertz CT molecular complexity index is 565. The van der Waals surface area contributed by atoms with E-state index in [1.807, 2.05) is 0 Å². The molecule has 0 N–H and O–H groups in total. The number of benzene rings is 2. The molecule has 0 bridgehead atoms. The highest BCUT2D eigenvalue weighted by molar-refractivity contribution is 7.73. The van der Waals surface area contributed by atoms with Crippen LogP contribution >= 0.6 is 7.92 Å². The second-order valence-corrected chi connectivity index (χ2v) is 14.9. The zero-order valence-corrected chi connectivity index (χ0v) is 17.6. The predicted molar refractivity (Wildman–Crippen MR) is 112 cm³/mol. The Balaban J connectivity index is 2.01. The molecule has 0 saturated carbocycles. The van der Waals surface area contributed by atoms with Crippen molar-refractivity contribution >= 4 is 26.8 Å². The van der Waals surface area contributed by atoms with E-state index in [4.69, 9.17) is 4.43 Å². The third-order valence-electron chi connectivity index (χ3n) is 4.93. The SMILES string of the molecule is CC(C)(C)[Si](C)(C)OCCCP(c1ccccc1)c1ccccc1. The molecule has 3 heteroatoms. The van der Waals surface area contributed by atoms with E-state index >= 15 is 0 Å². The highest BCUT2D eigenvalue weighted by atomic mass is 31.1. The Morgan fingerprint density at radius 3 is 1.71 bits per heavy atom. The van der Waals surface area contributed by atoms with Crippen molar-refractivity contribution in [1.82, 2.24) is 0 Å². The van der Waals surface area contributed by atoms with Crippen LogP contribution in [-0.4, -0.2) is 21.1 Å². The summed E-state index contributed by atoms with van der Waals surface area (Å²) >= 11 is 0. The van der Waals surface area contributed by atoms with Gasteiger partial charge in [0.1, 0.15) is 0 Å². The average Bonchev–Trinajstić information content (AvgIpc) is 2.55. The van der Waals surface area contributed by atoms with E-state index in [1.165, 1.54) is 16.8 Å². The molecular weight excluding hydrogens is 327 g/mol. The van der Waals surface area contributed by atoms with Crippen LogP contribution in [0, 0.1) is 0 Å². The van der Waals surface area contributed by atoms with Crippen LogP contribution in [0.1, 0.15) is 27.2 Å². The average molecular weight is 359 g/mol. The minimum absolute atomic E-state index is 0.288. The monoisotopic (exact) mass is 358 g/mol. The highest BCUT2D eigenvalue weighted by Crippen LogP contribution is 2.37. The van der Waals surface area contributed by atoms with E-state index in [0.29, 0.717) is 0 Å². The van der Waals surface area contributed by atoms with Gasteiger partial charge in [-0.05, 0) is 49.2 Å². The summed E-state index contributed by atoms with van der Waals surface area (Å²) in [5.41, 5.74) is 0. The lowest BCUT2D eigenvalue weighted by Crippen LogP contribution is -2.41. The largest absolute Gasteiger partial charge is 0.417 e. The van der Waals surface area contributed by atoms with Gasteiger partial charge >= 0.3 is 0 Å². The van der Waals surface area contributed by atoms with E-state index in [-0.39, 0.29) is 13.0 Å². The molecule has 0 radical (unpaired) electrons. The topological polar surface area (TPSA) is 9.23 Å². The molecule has 1 nitrogen and oxygen atoms in total. The number of hydrogen-bond acceptors (Lipinski definition) is 1. The molecule has 0 aliphatic rings. The summed E-state index contributed by atoms with van der Waals surface area (Å²) in [7, 11) is -1.92. The standard InChI is InChI=1S/C21H31OPSi/c1-21(2,3)24(4,5)22-17-12-18-23(19-13-8-6-9-14-19)20-15-10-7-11-16-20/h6-11,13-16H,12,17-18H2,1-5H3. The van der Waals surface area contributed by atoms with Gasteiger partial charge in [0.25, 0.3) is 0 Å². The van der Waals surface area contributed by atoms with Crippen molar-refractivity contribution in [2.45, 2.75) is 45.3 Å². The summed E-state index contributed by atoms with van der Waals surface area (Å²) in [6.45, 7) is 12.5. The summed E-state index contributed by atoms with van der Waals surface area (Å²) in [6.07, 6.45) is 2.32. The van der Waals surface area contributed by atoms with Crippen LogP contribution in [0.3, 0.4) is 0 Å². The van der Waals surface area contributed by atoms with Gasteiger partial charge in [-0.25, -0.2) is 0 Å². The molecule has 2 aromatic carbocycles. The molecule has 0 fully saturated rings. The summed E-state index contributed by atoms with van der Waals surface area (Å²) < 4.78 is 6.37. The normalized spacial score (nSPS) is 12.6. The first-order valence-electron chi connectivity index (χ1n) is 8.83. The first kappa shape index (κ1) is 19.4. The van der Waals surface area contributed by atoms with Crippen molar-refractivity contribution in [1.29, 1.82) is 0 Å². The van der Waals surface area contributed by atoms with Crippen molar-refractivity contribution in [3.05, 3.63) is 60.7 Å². The molecule has 2 rings (SSSR count). The second kappa shape index (κ2) is 8.42. The molecule has 0 aromatic heterocycles. The lowest BCUT2D eigenvalue weighted by molar-refractivity contribution is 0.289. The van der Waals surface area contributed by atoms with Gasteiger partial charge in [-0.1, -0.05) is 81.4 Å². The smallest absolute Gasteiger partial charge is 0.191 e. The molecule has 0 spiro atoms. The summed E-state index contributed by atoms with van der Waals surface area (Å²) in [5, 5.41) is 3.22. The molecule has 0 aliphatic carbocycles. The zero-order chi connectivity index (χ0) is 17.6. The summed E-state index contributed by atoms with van der Waals surface area (Å²) in [4.78, 5) is 0. The van der Waals surface area contributed by atoms with Crippen LogP contribution in [0.5, 0.6) is 0 Å². The molecule has 0 amide bonds. The minimum atomic E-state index is -1.63. The van der Waals surface area contributed by atoms with E-state index in [9.17, 15) is 0 Å². The number of rotatable bonds is 7. The Morgan fingerprint density at radius 1 is 0.833 bits per heavy atom. The second-order valence-electron chi connectivity index (χ2n) is 7.79. The molecule has 130 valence electrons. The van der Waals surface area contributed by atoms with Crippen LogP contribution in [0.4, 0.5) is 0 Å². The number of hydrogen-bond donors (Lipinski definition) is 0. The molecule has 0 unspecified atom stereocenters. The van der Waals surface area contributed by atoms with Crippen LogP contribution in [0.2, 0.25) is 18.1 Å². The van der Waals surface area contributed by atoms with Crippen molar-refractivity contribution < 1.29 is 4.43 Å². The lowest BCUT2D eigenvalue weighted by Gasteiger charge is -2.36. The maximum Gasteiger partial charge on any atom is 0.191 e. The van der Waals surface area contributed by atoms with E-state index in [1.54, 1.807) is 0 Å². The van der Waals surface area contributed by atoms with Gasteiger partial charge in [0.15, 0.2) is 8.32 Å². The lowest BCUT2D eigenvalue weighted by atomic mass is 10.2. The van der Waals surface area contributed by atoms with Gasteiger partial charge in [0.05, 0.1) is 0 Å². The Hall–Kier alpha value is -0.953. The van der Waals surface area contributed by atoms with Gasteiger partial charge in [-0.15, -0.1) is 0 Å². The van der Waals surface area contributed by atoms with E-state index in [0.717, 1.165) is 13.0 Å². The van der Waals surface area contributed by atoms with E-state index in [2.05, 4.69) is 94.5 Å². The quantitative estimate of drug-likeness (QED) is 0.359. The highest BCUT2D eigenvalue weighted by Gasteiger charge is 2.36. The van der Waals surface area contributed by atoms with Gasteiger partial charge < -0.3 is 4.43 Å². The van der Waals surface area contributed by atoms with Gasteiger partial charge in [-0.2, -0.15) is 0 Å². The molecule has 0 atom stereocenters. The maximum absolute atomic E-state index is 6.37. The summed E-state index contributed by atoms with van der Waals surface area (Å²) in [5.74, 6) is 0. The van der Waals surface area contributed by atoms with E-state index < -0.39 is 8.32 Å². The van der Waals surface area contributed by atoms with Gasteiger partial charge in [0, 0.05) is 6.61 Å². The fourth-order valence-corrected chi connectivity index (χ4v) is 5.80. The van der Waals surface area contributed by atoms with Crippen LogP contribution < -0.4 is 10.6 Å². The molecular formula is C21H31OPSi. The maximum atomic E-state index is 6.37. The Kier molecular flexibility index (Phi) is 6.80. The van der Waals surface area contributed by atoms with Gasteiger partial charge in [-0.3, -0.25) is 0 Å². The van der Waals surface area contributed by atoms with Crippen LogP contribution in [0.25, 0.3) is 0 Å². The Labute approximate surface area is 150 Å². The molecule has 0 saturated heterocycles. The Morgan fingerprint density at radius 2 is 1.29 bits per heavy atom. The summed E-state index contributed by atoms with van der Waals surface area (Å²) in [6, 6.07) is 21.9. The van der Waals surface area contributed by atoms with Crippen molar-refractivity contribution in [2.75, 3.05) is 12.8 Å². The van der Waals surface area contributed by atoms with Gasteiger partial charge in [0.2, 0.25) is 0 Å². The van der Waals surface area contributed by atoms with Crippen molar-refractivity contribution in [2.24, 2.45) is 0 Å². The van der Waals surface area contributed by atoms with Crippen molar-refractivity contribution in [3.8, 4) is 0 Å². The predicted octanol–water partition coefficient (Wildman–Crippen LogP) is 5.53. The first-order chi connectivity index (χ1) is 11.3. The molecule has 0 aliphatic heterocycles. The molecule has 24 heavy (non-hydrogen) atoms. The minimum Gasteiger partial charge on any atom is -0.417 e. The molecule has 0 heterocycles. The van der Waals surface area contributed by atoms with Crippen molar-refractivity contribution in [3.63, 3.8) is 0 Å². The third-order valence-corrected chi connectivity index (χ3v) is 12.1. The zero-order valence-electron chi connectivity index (χ0n) is 15.8. The fourth-order valence-electron chi connectivity index (χ4n) is 2.39. The fraction of sp³-hybridized carbons (Fsp3) is 0.429. The van der Waals surface area contributed by atoms with Crippen LogP contribution in [-0.2, 0) is 4.43 Å². The van der Waals surface area contributed by atoms with Crippen LogP contribution in [0.15, 0.2) is 60.7 Å². The first-order valence-corrected chi connectivity index (χ1v) is 13.3.